The first-order chi connectivity index (χ1) is 36.3. The molecule has 17 rings (SSSR count). The molecule has 0 amide bonds. The minimum absolute atomic E-state index is 0.00958. The van der Waals surface area contributed by atoms with E-state index in [1.807, 2.05) is 0 Å². The van der Waals surface area contributed by atoms with Crippen molar-refractivity contribution >= 4 is 153 Å². The van der Waals surface area contributed by atoms with Gasteiger partial charge in [0.25, 0.3) is 13.4 Å². The van der Waals surface area contributed by atoms with Crippen LogP contribution in [0.1, 0.15) is 0 Å². The van der Waals surface area contributed by atoms with Crippen LogP contribution in [0.3, 0.4) is 0 Å². The van der Waals surface area contributed by atoms with E-state index in [-0.39, 0.29) is 13.4 Å². The van der Waals surface area contributed by atoms with Crippen LogP contribution in [0.25, 0.3) is 38.1 Å². The van der Waals surface area contributed by atoms with Gasteiger partial charge in [0, 0.05) is 84.1 Å². The lowest BCUT2D eigenvalue weighted by Gasteiger charge is -2.44. The Labute approximate surface area is 423 Å². The number of aromatic nitrogens is 1. The smallest absolute Gasteiger partial charge is 0.252 e. The van der Waals surface area contributed by atoms with Crippen LogP contribution < -0.4 is 52.4 Å². The number of benzene rings is 11. The van der Waals surface area contributed by atoms with Crippen LogP contribution in [0.5, 0.6) is 0 Å². The molecule has 0 saturated heterocycles. The highest BCUT2D eigenvalue weighted by Crippen LogP contribution is 2.52. The van der Waals surface area contributed by atoms with Crippen molar-refractivity contribution in [2.24, 2.45) is 0 Å². The maximum atomic E-state index is 2.61. The first-order valence-corrected chi connectivity index (χ1v) is 25.4. The summed E-state index contributed by atoms with van der Waals surface area (Å²) in [5.41, 5.74) is 25.9. The van der Waals surface area contributed by atoms with Crippen LogP contribution in [0, 0.1) is 0 Å². The third-order valence-electron chi connectivity index (χ3n) is 16.4. The summed E-state index contributed by atoms with van der Waals surface area (Å²) in [4.78, 5) is 10.1. The van der Waals surface area contributed by atoms with Gasteiger partial charge in [-0.3, -0.25) is 0 Å². The summed E-state index contributed by atoms with van der Waals surface area (Å²) in [6.07, 6.45) is 0. The summed E-state index contributed by atoms with van der Waals surface area (Å²) < 4.78 is 2.61. The Bertz CT molecular complexity index is 4430. The molecule has 13 aromatic rings. The SMILES string of the molecule is c1ccc(N2c3ccccc3B3c4cc5c(cc4N(c4ccccc4)c4cccc2c43)c2cc3c(c4c6ccccc6n5c24)N(c2ccccc2)c2cccc4c2B3c2ccccc2N4c2ccccc2)cc1. The quantitative estimate of drug-likeness (QED) is 0.164. The zero-order valence-electron chi connectivity index (χ0n) is 39.6. The lowest BCUT2D eigenvalue weighted by atomic mass is 9.33. The monoisotopic (exact) mass is 925 g/mol. The molecule has 5 nitrogen and oxygen atoms in total. The van der Waals surface area contributed by atoms with Crippen LogP contribution in [-0.2, 0) is 0 Å². The Kier molecular flexibility index (Phi) is 7.84. The van der Waals surface area contributed by atoms with E-state index in [1.54, 1.807) is 0 Å². The fourth-order valence-electron chi connectivity index (χ4n) is 13.7. The Balaban J connectivity index is 1.01. The number of fused-ring (bicyclic) bond motifs is 15. The topological polar surface area (TPSA) is 17.4 Å². The maximum absolute atomic E-state index is 2.61. The third-order valence-corrected chi connectivity index (χ3v) is 16.4. The van der Waals surface area contributed by atoms with E-state index in [0.717, 1.165) is 22.7 Å². The summed E-state index contributed by atoms with van der Waals surface area (Å²) in [6, 6.07) is 92.7. The second-order valence-corrected chi connectivity index (χ2v) is 20.0. The molecule has 336 valence electrons. The first kappa shape index (κ1) is 39.3. The van der Waals surface area contributed by atoms with Crippen molar-refractivity contribution in [3.05, 3.63) is 249 Å². The Morgan fingerprint density at radius 1 is 0.260 bits per heavy atom. The van der Waals surface area contributed by atoms with Crippen LogP contribution in [0.2, 0.25) is 0 Å². The lowest BCUT2D eigenvalue weighted by molar-refractivity contribution is 1.25. The van der Waals surface area contributed by atoms with E-state index in [0.29, 0.717) is 0 Å². The maximum Gasteiger partial charge on any atom is 0.252 e. The van der Waals surface area contributed by atoms with Gasteiger partial charge in [-0.05, 0) is 136 Å². The molecular weight excluding hydrogens is 884 g/mol. The fraction of sp³-hybridized carbons (Fsp3) is 0. The highest BCUT2D eigenvalue weighted by molar-refractivity contribution is 7.01. The van der Waals surface area contributed by atoms with Gasteiger partial charge in [0.1, 0.15) is 0 Å². The fourth-order valence-corrected chi connectivity index (χ4v) is 13.7. The van der Waals surface area contributed by atoms with Crippen LogP contribution in [0.15, 0.2) is 249 Å². The molecule has 0 bridgehead atoms. The zero-order valence-corrected chi connectivity index (χ0v) is 39.6. The molecule has 73 heavy (non-hydrogen) atoms. The van der Waals surface area contributed by atoms with Gasteiger partial charge in [-0.15, -0.1) is 0 Å². The van der Waals surface area contributed by atoms with Crippen molar-refractivity contribution in [3.63, 3.8) is 0 Å². The molecule has 0 unspecified atom stereocenters. The van der Waals surface area contributed by atoms with Gasteiger partial charge < -0.3 is 24.0 Å². The van der Waals surface area contributed by atoms with E-state index in [4.69, 9.17) is 0 Å². The second kappa shape index (κ2) is 14.6. The largest absolute Gasteiger partial charge is 0.311 e. The highest BCUT2D eigenvalue weighted by Gasteiger charge is 2.46. The molecule has 0 spiro atoms. The number of hydrogen-bond donors (Lipinski definition) is 0. The Morgan fingerprint density at radius 3 is 1.23 bits per heavy atom. The number of hydrogen-bond acceptors (Lipinski definition) is 4. The predicted octanol–water partition coefficient (Wildman–Crippen LogP) is 13.0. The molecule has 0 fully saturated rings. The van der Waals surface area contributed by atoms with E-state index >= 15 is 0 Å². The average Bonchev–Trinajstić information content (AvgIpc) is 3.97. The van der Waals surface area contributed by atoms with Gasteiger partial charge in [0.2, 0.25) is 0 Å². The van der Waals surface area contributed by atoms with E-state index in [1.165, 1.54) is 116 Å². The molecule has 4 aliphatic heterocycles. The summed E-state index contributed by atoms with van der Waals surface area (Å²) in [5.74, 6) is 0. The van der Waals surface area contributed by atoms with Gasteiger partial charge >= 0.3 is 0 Å². The van der Waals surface area contributed by atoms with Gasteiger partial charge in [-0.25, -0.2) is 0 Å². The molecule has 6 heterocycles. The van der Waals surface area contributed by atoms with Crippen molar-refractivity contribution in [3.8, 4) is 0 Å². The van der Waals surface area contributed by atoms with Gasteiger partial charge in [0.15, 0.2) is 0 Å². The van der Waals surface area contributed by atoms with Gasteiger partial charge in [0.05, 0.1) is 22.2 Å². The van der Waals surface area contributed by atoms with Crippen LogP contribution in [-0.4, -0.2) is 17.8 Å². The van der Waals surface area contributed by atoms with Crippen molar-refractivity contribution in [2.75, 3.05) is 19.6 Å². The molecule has 4 aliphatic rings. The predicted molar refractivity (Wildman–Crippen MR) is 309 cm³/mol. The molecule has 0 radical (unpaired) electrons. The summed E-state index contributed by atoms with van der Waals surface area (Å²) in [7, 11) is 0. The number of nitrogens with zero attached hydrogens (tertiary/aromatic N) is 5. The van der Waals surface area contributed by atoms with E-state index in [2.05, 4.69) is 273 Å². The molecule has 0 saturated carbocycles. The molecule has 7 heteroatoms. The molecule has 2 aromatic heterocycles. The average molecular weight is 926 g/mol. The summed E-state index contributed by atoms with van der Waals surface area (Å²) >= 11 is 0. The van der Waals surface area contributed by atoms with Crippen molar-refractivity contribution in [2.45, 2.75) is 0 Å². The number of anilines is 12. The zero-order chi connectivity index (χ0) is 47.5. The standard InChI is InChI=1S/C66H41B2N5/c1-5-21-42(22-6-1)69-54-33-17-14-30-49(54)67-51-41-60-47(40-61(51)71(44-25-9-3-10-26-44)58-37-19-35-56(69)63(58)67)48-39-52-66(62-46-29-13-16-32-53(46)73(60)65(48)62)72(45-27-11-4-12-28-45)59-38-20-36-57-64(59)68(52)50-31-15-18-34-55(50)70(57)43-23-7-2-8-24-43/h1-41H. The molecule has 0 atom stereocenters. The molecule has 0 aliphatic carbocycles. The number of rotatable bonds is 4. The Morgan fingerprint density at radius 2 is 0.685 bits per heavy atom. The summed E-state index contributed by atoms with van der Waals surface area (Å²) in [5, 5.41) is 5.07. The number of para-hydroxylation sites is 7. The van der Waals surface area contributed by atoms with Gasteiger partial charge in [-0.2, -0.15) is 0 Å². The van der Waals surface area contributed by atoms with Crippen molar-refractivity contribution < 1.29 is 0 Å². The Hall–Kier alpha value is -9.45. The first-order valence-electron chi connectivity index (χ1n) is 25.4. The van der Waals surface area contributed by atoms with E-state index < -0.39 is 0 Å². The second-order valence-electron chi connectivity index (χ2n) is 20.0. The van der Waals surface area contributed by atoms with Crippen molar-refractivity contribution in [1.29, 1.82) is 0 Å². The van der Waals surface area contributed by atoms with Crippen LogP contribution in [0.4, 0.5) is 68.2 Å². The molecule has 11 aromatic carbocycles. The molecule has 0 N–H and O–H groups in total. The van der Waals surface area contributed by atoms with E-state index in [9.17, 15) is 0 Å². The third kappa shape index (κ3) is 5.12. The van der Waals surface area contributed by atoms with Crippen molar-refractivity contribution in [1.82, 2.24) is 4.40 Å². The molecular formula is C66H41B2N5. The lowest BCUT2D eigenvalue weighted by Crippen LogP contribution is -2.61. The van der Waals surface area contributed by atoms with Crippen LogP contribution >= 0.6 is 0 Å². The highest BCUT2D eigenvalue weighted by atomic mass is 15.2. The summed E-state index contributed by atoms with van der Waals surface area (Å²) in [6.45, 7) is -0.0381. The minimum atomic E-state index is -0.0285. The van der Waals surface area contributed by atoms with Gasteiger partial charge in [-0.1, -0.05) is 146 Å². The normalized spacial score (nSPS) is 13.9. The minimum Gasteiger partial charge on any atom is -0.311 e.